The number of nitrogens with zero attached hydrogens (tertiary/aromatic N) is 6. The van der Waals surface area contributed by atoms with Crippen LogP contribution in [-0.2, 0) is 15.8 Å². The second-order valence-corrected chi connectivity index (χ2v) is 9.73. The van der Waals surface area contributed by atoms with E-state index in [0.29, 0.717) is 26.2 Å². The van der Waals surface area contributed by atoms with E-state index in [4.69, 9.17) is 0 Å². The van der Waals surface area contributed by atoms with Gasteiger partial charge in [0.15, 0.2) is 0 Å². The van der Waals surface area contributed by atoms with Gasteiger partial charge >= 0.3 is 0 Å². The van der Waals surface area contributed by atoms with E-state index in [1.54, 1.807) is 18.5 Å². The van der Waals surface area contributed by atoms with Crippen LogP contribution in [-0.4, -0.2) is 87.0 Å². The van der Waals surface area contributed by atoms with Crippen LogP contribution in [0.5, 0.6) is 0 Å². The molecule has 0 unspecified atom stereocenters. The molecule has 2 aliphatic rings. The van der Waals surface area contributed by atoms with Gasteiger partial charge in [-0.1, -0.05) is 18.2 Å². The van der Waals surface area contributed by atoms with Crippen molar-refractivity contribution in [3.63, 3.8) is 0 Å². The Morgan fingerprint density at radius 2 is 1.47 bits per heavy atom. The smallest absolute Gasteiger partial charge is 0.218 e. The van der Waals surface area contributed by atoms with Crippen molar-refractivity contribution in [1.29, 1.82) is 0 Å². The van der Waals surface area contributed by atoms with Gasteiger partial charge in [-0.05, 0) is 13.1 Å². The summed E-state index contributed by atoms with van der Waals surface area (Å²) in [7, 11) is -1.46. The Kier molecular flexibility index (Phi) is 6.16. The summed E-state index contributed by atoms with van der Waals surface area (Å²) in [5.74, 6) is 0.908. The third-order valence-corrected chi connectivity index (χ3v) is 7.54. The normalized spacial score (nSPS) is 19.3. The zero-order valence-corrected chi connectivity index (χ0v) is 17.9. The fourth-order valence-corrected chi connectivity index (χ4v) is 5.35. The van der Waals surface area contributed by atoms with Crippen LogP contribution in [0.15, 0.2) is 36.7 Å². The highest BCUT2D eigenvalue weighted by Gasteiger charge is 2.28. The fourth-order valence-electron chi connectivity index (χ4n) is 3.82. The Labute approximate surface area is 177 Å². The van der Waals surface area contributed by atoms with Crippen LogP contribution >= 0.6 is 0 Å². The summed E-state index contributed by atoms with van der Waals surface area (Å²) < 4.78 is 40.8. The van der Waals surface area contributed by atoms with E-state index < -0.39 is 15.8 Å². The molecule has 3 heterocycles. The predicted molar refractivity (Wildman–Crippen MR) is 115 cm³/mol. The molecule has 0 aliphatic carbocycles. The molecule has 162 valence electrons. The Balaban J connectivity index is 1.39. The van der Waals surface area contributed by atoms with Crippen LogP contribution < -0.4 is 9.80 Å². The van der Waals surface area contributed by atoms with Crippen LogP contribution in [0.1, 0.15) is 5.56 Å². The van der Waals surface area contributed by atoms with Crippen molar-refractivity contribution < 1.29 is 12.8 Å². The van der Waals surface area contributed by atoms with E-state index in [1.165, 1.54) is 16.4 Å². The number of aromatic nitrogens is 2. The molecule has 30 heavy (non-hydrogen) atoms. The first-order valence-electron chi connectivity index (χ1n) is 10.1. The fraction of sp³-hybridized carbons (Fsp3) is 0.500. The van der Waals surface area contributed by atoms with Gasteiger partial charge < -0.3 is 14.7 Å². The highest BCUT2D eigenvalue weighted by molar-refractivity contribution is 7.88. The van der Waals surface area contributed by atoms with Crippen molar-refractivity contribution in [2.45, 2.75) is 5.75 Å². The number of piperazine rings is 2. The van der Waals surface area contributed by atoms with Crippen molar-refractivity contribution in [1.82, 2.24) is 19.2 Å². The van der Waals surface area contributed by atoms with Crippen molar-refractivity contribution in [3.8, 4) is 0 Å². The molecule has 1 aromatic carbocycles. The molecule has 1 aromatic heterocycles. The Morgan fingerprint density at radius 3 is 2.07 bits per heavy atom. The van der Waals surface area contributed by atoms with E-state index in [2.05, 4.69) is 31.7 Å². The molecule has 0 N–H and O–H groups in total. The first kappa shape index (κ1) is 21.0. The van der Waals surface area contributed by atoms with Crippen molar-refractivity contribution in [2.75, 3.05) is 69.2 Å². The number of rotatable bonds is 5. The summed E-state index contributed by atoms with van der Waals surface area (Å²) >= 11 is 0. The van der Waals surface area contributed by atoms with Crippen LogP contribution in [0.4, 0.5) is 16.0 Å². The Bertz CT molecular complexity index is 973. The first-order valence-corrected chi connectivity index (χ1v) is 11.7. The molecule has 4 rings (SSSR count). The van der Waals surface area contributed by atoms with Crippen LogP contribution in [0, 0.1) is 5.82 Å². The molecular formula is C20H27FN6O2S. The maximum absolute atomic E-state index is 13.9. The van der Waals surface area contributed by atoms with Crippen LogP contribution in [0.2, 0.25) is 0 Å². The summed E-state index contributed by atoms with van der Waals surface area (Å²) in [6, 6.07) is 8.00. The maximum Gasteiger partial charge on any atom is 0.218 e. The van der Waals surface area contributed by atoms with Gasteiger partial charge in [0.2, 0.25) is 10.0 Å². The summed E-state index contributed by atoms with van der Waals surface area (Å²) in [5, 5.41) is 0. The minimum Gasteiger partial charge on any atom is -0.354 e. The first-order chi connectivity index (χ1) is 14.4. The lowest BCUT2D eigenvalue weighted by Gasteiger charge is -2.36. The van der Waals surface area contributed by atoms with Gasteiger partial charge in [0, 0.05) is 64.0 Å². The molecule has 0 bridgehead atoms. The average molecular weight is 435 g/mol. The van der Waals surface area contributed by atoms with E-state index in [-0.39, 0.29) is 11.3 Å². The molecule has 2 aliphatic heterocycles. The highest BCUT2D eigenvalue weighted by Crippen LogP contribution is 2.22. The Hall–Kier alpha value is -2.30. The van der Waals surface area contributed by atoms with E-state index in [1.807, 2.05) is 6.07 Å². The van der Waals surface area contributed by atoms with Gasteiger partial charge in [0.25, 0.3) is 0 Å². The van der Waals surface area contributed by atoms with E-state index in [9.17, 15) is 12.8 Å². The Morgan fingerprint density at radius 1 is 0.900 bits per heavy atom. The second-order valence-electron chi connectivity index (χ2n) is 7.76. The molecule has 0 atom stereocenters. The molecule has 2 saturated heterocycles. The lowest BCUT2D eigenvalue weighted by molar-refractivity contribution is 0.312. The van der Waals surface area contributed by atoms with Crippen LogP contribution in [0.25, 0.3) is 0 Å². The molecule has 8 nitrogen and oxygen atoms in total. The topological polar surface area (TPSA) is 72.9 Å². The van der Waals surface area contributed by atoms with Crippen molar-refractivity contribution in [2.24, 2.45) is 0 Å². The molecule has 0 spiro atoms. The number of halogens is 1. The van der Waals surface area contributed by atoms with Gasteiger partial charge in [-0.25, -0.2) is 22.8 Å². The largest absolute Gasteiger partial charge is 0.354 e. The number of hydrogen-bond donors (Lipinski definition) is 0. The maximum atomic E-state index is 13.9. The molecule has 2 fully saturated rings. The number of benzene rings is 1. The van der Waals surface area contributed by atoms with Gasteiger partial charge in [0.1, 0.15) is 23.8 Å². The van der Waals surface area contributed by atoms with Crippen LogP contribution in [0.3, 0.4) is 0 Å². The minimum atomic E-state index is -3.57. The average Bonchev–Trinajstić information content (AvgIpc) is 2.76. The van der Waals surface area contributed by atoms with E-state index >= 15 is 0 Å². The molecular weight excluding hydrogens is 407 g/mol. The summed E-state index contributed by atoms with van der Waals surface area (Å²) in [4.78, 5) is 15.4. The van der Waals surface area contributed by atoms with Gasteiger partial charge in [-0.2, -0.15) is 4.31 Å². The number of likely N-dealkylation sites (N-methyl/N-ethyl adjacent to an activating group) is 1. The molecule has 0 amide bonds. The zero-order valence-electron chi connectivity index (χ0n) is 17.1. The van der Waals surface area contributed by atoms with Gasteiger partial charge in [-0.15, -0.1) is 0 Å². The third kappa shape index (κ3) is 4.71. The SMILES string of the molecule is CN1CCN(c2cc(N3CCN(S(=O)(=O)Cc4ccccc4F)CC3)ncn2)CC1. The van der Waals surface area contributed by atoms with Gasteiger partial charge in [0.05, 0.1) is 5.75 Å². The number of hydrogen-bond acceptors (Lipinski definition) is 7. The number of anilines is 2. The summed E-state index contributed by atoms with van der Waals surface area (Å²) in [6.07, 6.45) is 1.57. The molecule has 2 aromatic rings. The van der Waals surface area contributed by atoms with Crippen molar-refractivity contribution in [3.05, 3.63) is 48.0 Å². The molecule has 0 radical (unpaired) electrons. The monoisotopic (exact) mass is 434 g/mol. The van der Waals surface area contributed by atoms with E-state index in [0.717, 1.165) is 37.8 Å². The predicted octanol–water partition coefficient (Wildman–Crippen LogP) is 1.02. The zero-order chi connectivity index (χ0) is 21.1. The quantitative estimate of drug-likeness (QED) is 0.696. The lowest BCUT2D eigenvalue weighted by Crippen LogP contribution is -2.49. The minimum absolute atomic E-state index is 0.201. The molecule has 0 saturated carbocycles. The molecule has 10 heteroatoms. The second kappa shape index (κ2) is 8.83. The lowest BCUT2D eigenvalue weighted by atomic mass is 10.2. The summed E-state index contributed by atoms with van der Waals surface area (Å²) in [6.45, 7) is 5.63. The summed E-state index contributed by atoms with van der Waals surface area (Å²) in [5.41, 5.74) is 0.201. The highest BCUT2D eigenvalue weighted by atomic mass is 32.2. The van der Waals surface area contributed by atoms with Gasteiger partial charge in [-0.3, -0.25) is 0 Å². The number of sulfonamides is 1. The third-order valence-electron chi connectivity index (χ3n) is 5.72. The standard InChI is InChI=1S/C20H27FN6O2S/c1-24-6-8-25(9-7-24)19-14-20(23-16-22-19)26-10-12-27(13-11-26)30(28,29)15-17-4-2-3-5-18(17)21/h2-5,14,16H,6-13,15H2,1H3. The van der Waals surface area contributed by atoms with Crippen molar-refractivity contribution >= 4 is 21.7 Å².